The van der Waals surface area contributed by atoms with Gasteiger partial charge >= 0.3 is 5.97 Å². The maximum absolute atomic E-state index is 13.0. The third-order valence-corrected chi connectivity index (χ3v) is 6.79. The Hall–Kier alpha value is -3.62. The summed E-state index contributed by atoms with van der Waals surface area (Å²) in [5, 5.41) is 9.02. The van der Waals surface area contributed by atoms with Gasteiger partial charge in [0.2, 0.25) is 0 Å². The lowest BCUT2D eigenvalue weighted by Crippen LogP contribution is -2.27. The van der Waals surface area contributed by atoms with Crippen LogP contribution < -0.4 is 9.47 Å². The number of carboxylic acid groups (broad SMARTS) is 1. The Morgan fingerprint density at radius 2 is 1.71 bits per heavy atom. The highest BCUT2D eigenvalue weighted by atomic mass is 32.2. The maximum Gasteiger partial charge on any atom is 0.335 e. The Kier molecular flexibility index (Phi) is 7.53. The molecule has 35 heavy (non-hydrogen) atoms. The van der Waals surface area contributed by atoms with Crippen LogP contribution in [0.1, 0.15) is 32.6 Å². The van der Waals surface area contributed by atoms with Crippen molar-refractivity contribution in [3.05, 3.63) is 99.5 Å². The first-order chi connectivity index (χ1) is 16.8. The van der Waals surface area contributed by atoms with Crippen LogP contribution >= 0.6 is 24.0 Å². The van der Waals surface area contributed by atoms with E-state index in [1.54, 1.807) is 42.4 Å². The second kappa shape index (κ2) is 10.8. The molecule has 1 aliphatic rings. The summed E-state index contributed by atoms with van der Waals surface area (Å²) in [7, 11) is 1.55. The molecule has 4 rings (SSSR count). The predicted octanol–water partition coefficient (Wildman–Crippen LogP) is 5.68. The molecule has 8 heteroatoms. The standard InChI is InChI=1S/C27H23NO5S2/c1-17-3-5-18(6-4-17)15-28-25(29)24(35-27(28)34)14-20-9-12-22(23(13-20)32-2)33-16-19-7-10-21(11-8-19)26(30)31/h3-14H,15-16H2,1-2H3,(H,30,31). The number of aryl methyl sites for hydroxylation is 1. The minimum absolute atomic E-state index is 0.121. The van der Waals surface area contributed by atoms with Crippen LogP contribution in [0.15, 0.2) is 71.6 Å². The van der Waals surface area contributed by atoms with Crippen LogP contribution in [0, 0.1) is 6.92 Å². The SMILES string of the molecule is COc1cc(C=C2SC(=S)N(Cc3ccc(C)cc3)C2=O)ccc1OCc1ccc(C(=O)O)cc1. The molecule has 1 saturated heterocycles. The lowest BCUT2D eigenvalue weighted by Gasteiger charge is -2.14. The summed E-state index contributed by atoms with van der Waals surface area (Å²) < 4.78 is 11.9. The Morgan fingerprint density at radius 3 is 2.37 bits per heavy atom. The van der Waals surface area contributed by atoms with E-state index in [1.807, 2.05) is 37.3 Å². The molecule has 1 heterocycles. The van der Waals surface area contributed by atoms with Crippen molar-refractivity contribution in [2.24, 2.45) is 0 Å². The van der Waals surface area contributed by atoms with Gasteiger partial charge in [0.1, 0.15) is 10.9 Å². The second-order valence-corrected chi connectivity index (χ2v) is 9.63. The molecule has 0 radical (unpaired) electrons. The Balaban J connectivity index is 1.45. The Labute approximate surface area is 213 Å². The van der Waals surface area contributed by atoms with Gasteiger partial charge in [-0.1, -0.05) is 72.0 Å². The normalized spacial score (nSPS) is 14.5. The molecule has 3 aromatic rings. The molecule has 178 valence electrons. The molecule has 1 aliphatic heterocycles. The first kappa shape index (κ1) is 24.5. The van der Waals surface area contributed by atoms with E-state index in [1.165, 1.54) is 23.9 Å². The monoisotopic (exact) mass is 505 g/mol. The number of thioether (sulfide) groups is 1. The number of aromatic carboxylic acids is 1. The van der Waals surface area contributed by atoms with Gasteiger partial charge in [0.05, 0.1) is 24.1 Å². The van der Waals surface area contributed by atoms with Crippen LogP contribution in [0.3, 0.4) is 0 Å². The topological polar surface area (TPSA) is 76.1 Å². The van der Waals surface area contributed by atoms with E-state index in [2.05, 4.69) is 0 Å². The number of nitrogens with zero attached hydrogens (tertiary/aromatic N) is 1. The summed E-state index contributed by atoms with van der Waals surface area (Å²) >= 11 is 6.74. The lowest BCUT2D eigenvalue weighted by atomic mass is 10.1. The number of hydrogen-bond acceptors (Lipinski definition) is 6. The molecule has 0 aliphatic carbocycles. The van der Waals surface area contributed by atoms with Crippen molar-refractivity contribution in [2.75, 3.05) is 7.11 Å². The number of hydrogen-bond donors (Lipinski definition) is 1. The fourth-order valence-corrected chi connectivity index (χ4v) is 4.72. The van der Waals surface area contributed by atoms with Crippen LogP contribution in [-0.4, -0.2) is 33.3 Å². The molecule has 0 atom stereocenters. The van der Waals surface area contributed by atoms with Gasteiger partial charge < -0.3 is 14.6 Å². The number of benzene rings is 3. The lowest BCUT2D eigenvalue weighted by molar-refractivity contribution is -0.122. The van der Waals surface area contributed by atoms with Crippen LogP contribution in [0.25, 0.3) is 6.08 Å². The maximum atomic E-state index is 13.0. The van der Waals surface area contributed by atoms with Gasteiger partial charge in [-0.2, -0.15) is 0 Å². The smallest absolute Gasteiger partial charge is 0.335 e. The first-order valence-corrected chi connectivity index (χ1v) is 12.0. The van der Waals surface area contributed by atoms with Gasteiger partial charge in [-0.25, -0.2) is 4.79 Å². The summed E-state index contributed by atoms with van der Waals surface area (Å²) in [5.41, 5.74) is 4.03. The quantitative estimate of drug-likeness (QED) is 0.312. The fourth-order valence-electron chi connectivity index (χ4n) is 3.46. The largest absolute Gasteiger partial charge is 0.493 e. The van der Waals surface area contributed by atoms with Crippen molar-refractivity contribution in [3.8, 4) is 11.5 Å². The van der Waals surface area contributed by atoms with E-state index < -0.39 is 5.97 Å². The molecule has 0 bridgehead atoms. The van der Waals surface area contributed by atoms with Crippen molar-refractivity contribution in [1.82, 2.24) is 4.90 Å². The van der Waals surface area contributed by atoms with E-state index in [-0.39, 0.29) is 18.1 Å². The molecule has 0 saturated carbocycles. The van der Waals surface area contributed by atoms with Gasteiger partial charge in [-0.05, 0) is 54.0 Å². The summed E-state index contributed by atoms with van der Waals surface area (Å²) in [6, 6.07) is 20.0. The molecule has 0 unspecified atom stereocenters. The number of carboxylic acids is 1. The van der Waals surface area contributed by atoms with Crippen molar-refractivity contribution < 1.29 is 24.2 Å². The fraction of sp³-hybridized carbons (Fsp3) is 0.148. The molecular formula is C27H23NO5S2. The summed E-state index contributed by atoms with van der Waals surface area (Å²) in [4.78, 5) is 26.2. The minimum Gasteiger partial charge on any atom is -0.493 e. The van der Waals surface area contributed by atoms with E-state index in [0.717, 1.165) is 22.3 Å². The number of methoxy groups -OCH3 is 1. The van der Waals surface area contributed by atoms with Crippen LogP contribution in [0.2, 0.25) is 0 Å². The second-order valence-electron chi connectivity index (χ2n) is 7.95. The number of ether oxygens (including phenoxy) is 2. The van der Waals surface area contributed by atoms with Crippen LogP contribution in [-0.2, 0) is 17.9 Å². The van der Waals surface area contributed by atoms with Crippen molar-refractivity contribution in [1.29, 1.82) is 0 Å². The van der Waals surface area contributed by atoms with Gasteiger partial charge in [-0.15, -0.1) is 0 Å². The van der Waals surface area contributed by atoms with Crippen LogP contribution in [0.5, 0.6) is 11.5 Å². The number of carbonyl (C=O) groups excluding carboxylic acids is 1. The van der Waals surface area contributed by atoms with Crippen molar-refractivity contribution >= 4 is 46.3 Å². The van der Waals surface area contributed by atoms with Gasteiger partial charge in [-0.3, -0.25) is 9.69 Å². The molecule has 1 N–H and O–H groups in total. The Bertz CT molecular complexity index is 1300. The van der Waals surface area contributed by atoms with Crippen LogP contribution in [0.4, 0.5) is 0 Å². The average Bonchev–Trinajstić information content (AvgIpc) is 3.11. The average molecular weight is 506 g/mol. The minimum atomic E-state index is -0.971. The highest BCUT2D eigenvalue weighted by Crippen LogP contribution is 2.35. The zero-order valence-corrected chi connectivity index (χ0v) is 20.8. The summed E-state index contributed by atoms with van der Waals surface area (Å²) in [6.07, 6.45) is 1.80. The van der Waals surface area contributed by atoms with E-state index >= 15 is 0 Å². The van der Waals surface area contributed by atoms with E-state index in [0.29, 0.717) is 27.3 Å². The third kappa shape index (κ3) is 5.90. The van der Waals surface area contributed by atoms with E-state index in [4.69, 9.17) is 26.8 Å². The number of rotatable bonds is 8. The highest BCUT2D eigenvalue weighted by Gasteiger charge is 2.32. The molecule has 0 spiro atoms. The number of thiocarbonyl (C=S) groups is 1. The van der Waals surface area contributed by atoms with Gasteiger partial charge in [0.15, 0.2) is 11.5 Å². The van der Waals surface area contributed by atoms with Gasteiger partial charge in [0, 0.05) is 0 Å². The number of carbonyl (C=O) groups is 2. The third-order valence-electron chi connectivity index (χ3n) is 5.42. The van der Waals surface area contributed by atoms with Crippen molar-refractivity contribution in [3.63, 3.8) is 0 Å². The predicted molar refractivity (Wildman–Crippen MR) is 141 cm³/mol. The first-order valence-electron chi connectivity index (χ1n) is 10.8. The summed E-state index contributed by atoms with van der Waals surface area (Å²) in [5.74, 6) is -0.0265. The van der Waals surface area contributed by atoms with Gasteiger partial charge in [0.25, 0.3) is 5.91 Å². The molecule has 1 amide bonds. The zero-order valence-electron chi connectivity index (χ0n) is 19.2. The van der Waals surface area contributed by atoms with Crippen molar-refractivity contribution in [2.45, 2.75) is 20.1 Å². The molecule has 6 nitrogen and oxygen atoms in total. The molecule has 0 aromatic heterocycles. The highest BCUT2D eigenvalue weighted by molar-refractivity contribution is 8.26. The zero-order chi connectivity index (χ0) is 24.9. The molecule has 1 fully saturated rings. The molecule has 3 aromatic carbocycles. The Morgan fingerprint density at radius 1 is 1.03 bits per heavy atom. The summed E-state index contributed by atoms with van der Waals surface area (Å²) in [6.45, 7) is 2.72. The number of amides is 1. The molecular weight excluding hydrogens is 482 g/mol. The van der Waals surface area contributed by atoms with E-state index in [9.17, 15) is 9.59 Å².